The second kappa shape index (κ2) is 6.98. The molecule has 1 heterocycles. The Morgan fingerprint density at radius 1 is 1.58 bits per heavy atom. The Hall–Kier alpha value is -1.76. The van der Waals surface area contributed by atoms with E-state index in [1.54, 1.807) is 6.07 Å². The van der Waals surface area contributed by atoms with Gasteiger partial charge >= 0.3 is 5.97 Å². The minimum absolute atomic E-state index is 0.200. The molecule has 0 bridgehead atoms. The van der Waals surface area contributed by atoms with Crippen LogP contribution in [0.5, 0.6) is 0 Å². The van der Waals surface area contributed by atoms with Gasteiger partial charge in [-0.3, -0.25) is 0 Å². The van der Waals surface area contributed by atoms with Crippen LogP contribution in [0.3, 0.4) is 0 Å². The highest BCUT2D eigenvalue weighted by Gasteiger charge is 2.22. The molecule has 1 rings (SSSR count). The zero-order chi connectivity index (χ0) is 14.4. The Labute approximate surface area is 117 Å². The van der Waals surface area contributed by atoms with E-state index in [9.17, 15) is 4.79 Å². The number of thiocarbonyl (C=S) groups is 1. The molecular formula is C12H18N4O2S. The van der Waals surface area contributed by atoms with Crippen LogP contribution in [-0.4, -0.2) is 34.3 Å². The summed E-state index contributed by atoms with van der Waals surface area (Å²) in [6.45, 7) is 4.03. The van der Waals surface area contributed by atoms with Gasteiger partial charge in [-0.05, 0) is 18.4 Å². The number of carbonyl (C=O) groups is 1. The number of hydrogen-bond donors (Lipinski definition) is 2. The quantitative estimate of drug-likeness (QED) is 0.596. The van der Waals surface area contributed by atoms with E-state index in [-0.39, 0.29) is 11.0 Å². The number of rotatable bonds is 6. The van der Waals surface area contributed by atoms with Crippen LogP contribution in [0, 0.1) is 5.92 Å². The fourth-order valence-electron chi connectivity index (χ4n) is 1.63. The number of esters is 1. The minimum Gasteiger partial charge on any atom is -0.467 e. The van der Waals surface area contributed by atoms with Crippen LogP contribution in [0.15, 0.2) is 12.3 Å². The van der Waals surface area contributed by atoms with Gasteiger partial charge in [0.1, 0.15) is 11.0 Å². The van der Waals surface area contributed by atoms with Crippen molar-refractivity contribution >= 4 is 29.0 Å². The van der Waals surface area contributed by atoms with Crippen molar-refractivity contribution in [2.75, 3.05) is 12.4 Å². The Morgan fingerprint density at radius 2 is 2.26 bits per heavy atom. The van der Waals surface area contributed by atoms with Gasteiger partial charge in [-0.25, -0.2) is 4.79 Å². The largest absolute Gasteiger partial charge is 0.467 e. The van der Waals surface area contributed by atoms with Gasteiger partial charge in [0.15, 0.2) is 5.82 Å². The zero-order valence-electron chi connectivity index (χ0n) is 11.2. The van der Waals surface area contributed by atoms with Crippen molar-refractivity contribution in [3.05, 3.63) is 17.8 Å². The Balaban J connectivity index is 2.96. The van der Waals surface area contributed by atoms with Gasteiger partial charge in [-0.1, -0.05) is 26.1 Å². The molecule has 0 aromatic carbocycles. The summed E-state index contributed by atoms with van der Waals surface area (Å²) >= 11 is 4.94. The maximum Gasteiger partial charge on any atom is 0.328 e. The molecule has 1 unspecified atom stereocenters. The maximum absolute atomic E-state index is 11.7. The number of hydrogen-bond acceptors (Lipinski definition) is 6. The molecule has 104 valence electrons. The van der Waals surface area contributed by atoms with Crippen molar-refractivity contribution in [1.29, 1.82) is 0 Å². The number of nitrogens with zero attached hydrogens (tertiary/aromatic N) is 2. The molecule has 7 heteroatoms. The summed E-state index contributed by atoms with van der Waals surface area (Å²) < 4.78 is 4.77. The van der Waals surface area contributed by atoms with E-state index in [0.717, 1.165) is 0 Å². The van der Waals surface area contributed by atoms with Gasteiger partial charge in [0.2, 0.25) is 0 Å². The van der Waals surface area contributed by atoms with E-state index in [0.29, 0.717) is 23.7 Å². The molecule has 0 fully saturated rings. The molecule has 1 aromatic heterocycles. The highest BCUT2D eigenvalue weighted by atomic mass is 32.1. The molecule has 0 aliphatic carbocycles. The molecule has 6 nitrogen and oxygen atoms in total. The van der Waals surface area contributed by atoms with E-state index in [2.05, 4.69) is 15.5 Å². The van der Waals surface area contributed by atoms with Crippen LogP contribution in [-0.2, 0) is 9.53 Å². The lowest BCUT2D eigenvalue weighted by Gasteiger charge is -2.19. The second-order valence-corrected chi connectivity index (χ2v) is 4.95. The van der Waals surface area contributed by atoms with Crippen molar-refractivity contribution in [3.8, 4) is 0 Å². The predicted molar refractivity (Wildman–Crippen MR) is 76.8 cm³/mol. The van der Waals surface area contributed by atoms with Crippen LogP contribution in [0.4, 0.5) is 5.82 Å². The number of ether oxygens (including phenoxy) is 1. The molecule has 0 saturated heterocycles. The first-order chi connectivity index (χ1) is 8.95. The number of nitrogens with two attached hydrogens (primary N) is 1. The van der Waals surface area contributed by atoms with Gasteiger partial charge in [-0.2, -0.15) is 5.10 Å². The predicted octanol–water partition coefficient (Wildman–Crippen LogP) is 1.11. The highest BCUT2D eigenvalue weighted by Crippen LogP contribution is 2.15. The molecule has 19 heavy (non-hydrogen) atoms. The minimum atomic E-state index is -0.505. The summed E-state index contributed by atoms with van der Waals surface area (Å²) in [4.78, 5) is 11.9. The third-order valence-corrected chi connectivity index (χ3v) is 2.71. The van der Waals surface area contributed by atoms with Crippen molar-refractivity contribution in [1.82, 2.24) is 10.2 Å². The first kappa shape index (κ1) is 15.3. The first-order valence-corrected chi connectivity index (χ1v) is 6.32. The van der Waals surface area contributed by atoms with Crippen LogP contribution in [0.25, 0.3) is 0 Å². The molecule has 0 aliphatic heterocycles. The standard InChI is InChI=1S/C12H18N4O2S/c1-7(2)6-9(12(17)18-3)15-11-8(10(13)19)4-5-14-16-11/h4-5,7,9H,6H2,1-3H3,(H2,13,19)(H,15,16). The molecule has 1 atom stereocenters. The molecule has 3 N–H and O–H groups in total. The summed E-state index contributed by atoms with van der Waals surface area (Å²) in [5.74, 6) is 0.362. The van der Waals surface area contributed by atoms with Gasteiger partial charge in [0, 0.05) is 0 Å². The summed E-state index contributed by atoms with van der Waals surface area (Å²) in [5.41, 5.74) is 6.17. The molecule has 0 radical (unpaired) electrons. The smallest absolute Gasteiger partial charge is 0.328 e. The van der Waals surface area contributed by atoms with Crippen molar-refractivity contribution in [2.45, 2.75) is 26.3 Å². The topological polar surface area (TPSA) is 90.1 Å². The first-order valence-electron chi connectivity index (χ1n) is 5.91. The van der Waals surface area contributed by atoms with Gasteiger partial charge < -0.3 is 15.8 Å². The normalized spacial score (nSPS) is 12.0. The number of nitrogens with one attached hydrogen (secondary N) is 1. The summed E-state index contributed by atoms with van der Waals surface area (Å²) in [6.07, 6.45) is 2.11. The van der Waals surface area contributed by atoms with E-state index < -0.39 is 6.04 Å². The lowest BCUT2D eigenvalue weighted by atomic mass is 10.0. The zero-order valence-corrected chi connectivity index (χ0v) is 12.0. The van der Waals surface area contributed by atoms with E-state index in [4.69, 9.17) is 22.7 Å². The average molecular weight is 282 g/mol. The molecule has 0 amide bonds. The van der Waals surface area contributed by atoms with Crippen LogP contribution >= 0.6 is 12.2 Å². The Morgan fingerprint density at radius 3 is 2.79 bits per heavy atom. The molecule has 1 aromatic rings. The van der Waals surface area contributed by atoms with E-state index in [1.807, 2.05) is 13.8 Å². The second-order valence-electron chi connectivity index (χ2n) is 4.51. The van der Waals surface area contributed by atoms with Crippen LogP contribution < -0.4 is 11.1 Å². The average Bonchev–Trinajstić information content (AvgIpc) is 2.36. The molecule has 0 aliphatic rings. The third-order valence-electron chi connectivity index (χ3n) is 2.49. The molecule has 0 saturated carbocycles. The van der Waals surface area contributed by atoms with E-state index >= 15 is 0 Å². The van der Waals surface area contributed by atoms with Gasteiger partial charge in [0.05, 0.1) is 18.9 Å². The van der Waals surface area contributed by atoms with Crippen LogP contribution in [0.2, 0.25) is 0 Å². The highest BCUT2D eigenvalue weighted by molar-refractivity contribution is 7.80. The SMILES string of the molecule is COC(=O)C(CC(C)C)Nc1nnccc1C(N)=S. The number of aromatic nitrogens is 2. The van der Waals surface area contributed by atoms with Crippen molar-refractivity contribution in [3.63, 3.8) is 0 Å². The van der Waals surface area contributed by atoms with Gasteiger partial charge in [-0.15, -0.1) is 5.10 Å². The number of methoxy groups -OCH3 is 1. The summed E-state index contributed by atoms with van der Waals surface area (Å²) in [5, 5.41) is 10.7. The number of carbonyl (C=O) groups excluding carboxylic acids is 1. The van der Waals surface area contributed by atoms with Crippen molar-refractivity contribution in [2.24, 2.45) is 11.7 Å². The Bertz CT molecular complexity index is 465. The summed E-state index contributed by atoms with van der Waals surface area (Å²) in [7, 11) is 1.35. The maximum atomic E-state index is 11.7. The lowest BCUT2D eigenvalue weighted by molar-refractivity contribution is -0.141. The fourth-order valence-corrected chi connectivity index (χ4v) is 1.79. The van der Waals surface area contributed by atoms with Crippen LogP contribution in [0.1, 0.15) is 25.8 Å². The summed E-state index contributed by atoms with van der Waals surface area (Å²) in [6, 6.07) is 1.15. The number of anilines is 1. The van der Waals surface area contributed by atoms with Crippen molar-refractivity contribution < 1.29 is 9.53 Å². The fraction of sp³-hybridized carbons (Fsp3) is 0.500. The molecular weight excluding hydrogens is 264 g/mol. The molecule has 0 spiro atoms. The third kappa shape index (κ3) is 4.44. The lowest BCUT2D eigenvalue weighted by Crippen LogP contribution is -2.33. The Kier molecular flexibility index (Phi) is 5.62. The monoisotopic (exact) mass is 282 g/mol. The van der Waals surface area contributed by atoms with E-state index in [1.165, 1.54) is 13.3 Å². The van der Waals surface area contributed by atoms with Gasteiger partial charge in [0.25, 0.3) is 0 Å².